The summed E-state index contributed by atoms with van der Waals surface area (Å²) in [6, 6.07) is 9.46. The molecule has 7 nitrogen and oxygen atoms in total. The molecule has 1 aromatic carbocycles. The standard InChI is InChI=1S/C24H28ClN3O4S/c1-31-23(29)22(18-4-2-3-5-19(18)25)28-9-8-20-16(15-28)14-21(33-20)32-24(30)27-12-10-26(11-13-27)17-6-7-17/h2-5,14,17,22H,6-13,15H2,1H3/t22-/m0/s1. The molecule has 1 aliphatic carbocycles. The fourth-order valence-electron chi connectivity index (χ4n) is 4.74. The Morgan fingerprint density at radius 1 is 1.12 bits per heavy atom. The lowest BCUT2D eigenvalue weighted by Gasteiger charge is -2.33. The maximum absolute atomic E-state index is 12.7. The quantitative estimate of drug-likeness (QED) is 0.592. The summed E-state index contributed by atoms with van der Waals surface area (Å²) >= 11 is 7.93. The molecule has 3 heterocycles. The van der Waals surface area contributed by atoms with Crippen LogP contribution in [0.1, 0.15) is 34.9 Å². The number of fused-ring (bicyclic) bond motifs is 1. The van der Waals surface area contributed by atoms with Crippen molar-refractivity contribution in [2.45, 2.75) is 37.9 Å². The van der Waals surface area contributed by atoms with E-state index in [2.05, 4.69) is 9.80 Å². The maximum Gasteiger partial charge on any atom is 0.416 e. The Labute approximate surface area is 202 Å². The minimum Gasteiger partial charge on any atom is -0.468 e. The van der Waals surface area contributed by atoms with Gasteiger partial charge in [-0.2, -0.15) is 0 Å². The highest BCUT2D eigenvalue weighted by Crippen LogP contribution is 2.38. The van der Waals surface area contributed by atoms with Crippen molar-refractivity contribution >= 4 is 35.0 Å². The number of thiophene rings is 1. The summed E-state index contributed by atoms with van der Waals surface area (Å²) in [5.41, 5.74) is 1.82. The van der Waals surface area contributed by atoms with Gasteiger partial charge in [0.1, 0.15) is 6.04 Å². The molecule has 0 bridgehead atoms. The molecule has 2 fully saturated rings. The van der Waals surface area contributed by atoms with E-state index in [0.717, 1.165) is 36.7 Å². The zero-order valence-corrected chi connectivity index (χ0v) is 20.2. The predicted octanol–water partition coefficient (Wildman–Crippen LogP) is 3.95. The molecule has 2 aliphatic heterocycles. The largest absolute Gasteiger partial charge is 0.468 e. The lowest BCUT2D eigenvalue weighted by atomic mass is 10.0. The Kier molecular flexibility index (Phi) is 6.60. The third-order valence-electron chi connectivity index (χ3n) is 6.69. The Hall–Kier alpha value is -2.13. The first kappa shape index (κ1) is 22.7. The molecule has 0 radical (unpaired) electrons. The molecular formula is C24H28ClN3O4S. The predicted molar refractivity (Wildman–Crippen MR) is 127 cm³/mol. The van der Waals surface area contributed by atoms with E-state index in [4.69, 9.17) is 21.1 Å². The Balaban J connectivity index is 1.25. The summed E-state index contributed by atoms with van der Waals surface area (Å²) in [7, 11) is 1.40. The zero-order chi connectivity index (χ0) is 22.9. The van der Waals surface area contributed by atoms with Gasteiger partial charge in [-0.1, -0.05) is 29.8 Å². The molecule has 1 atom stereocenters. The van der Waals surface area contributed by atoms with Gasteiger partial charge in [-0.15, -0.1) is 11.3 Å². The first-order valence-corrected chi connectivity index (χ1v) is 12.6. The lowest BCUT2D eigenvalue weighted by molar-refractivity contribution is -0.147. The second kappa shape index (κ2) is 9.62. The number of rotatable bonds is 5. The third kappa shape index (κ3) is 4.89. The summed E-state index contributed by atoms with van der Waals surface area (Å²) < 4.78 is 10.8. The average Bonchev–Trinajstić information content (AvgIpc) is 3.60. The fourth-order valence-corrected chi connectivity index (χ4v) is 5.98. The van der Waals surface area contributed by atoms with E-state index < -0.39 is 6.04 Å². The van der Waals surface area contributed by atoms with Gasteiger partial charge in [0.2, 0.25) is 0 Å². The van der Waals surface area contributed by atoms with Crippen molar-refractivity contribution in [1.29, 1.82) is 0 Å². The van der Waals surface area contributed by atoms with Crippen molar-refractivity contribution in [3.8, 4) is 5.06 Å². The molecule has 33 heavy (non-hydrogen) atoms. The number of halogens is 1. The molecule has 1 saturated carbocycles. The van der Waals surface area contributed by atoms with Crippen LogP contribution >= 0.6 is 22.9 Å². The van der Waals surface area contributed by atoms with Gasteiger partial charge in [0, 0.05) is 55.2 Å². The topological polar surface area (TPSA) is 62.3 Å². The molecule has 0 unspecified atom stereocenters. The number of carbonyl (C=O) groups excluding carboxylic acids is 2. The van der Waals surface area contributed by atoms with Gasteiger partial charge < -0.3 is 14.4 Å². The van der Waals surface area contributed by atoms with Gasteiger partial charge in [0.15, 0.2) is 5.06 Å². The van der Waals surface area contributed by atoms with Gasteiger partial charge in [0.05, 0.1) is 7.11 Å². The Morgan fingerprint density at radius 2 is 1.88 bits per heavy atom. The highest BCUT2D eigenvalue weighted by molar-refractivity contribution is 7.14. The van der Waals surface area contributed by atoms with E-state index in [1.807, 2.05) is 24.3 Å². The van der Waals surface area contributed by atoms with Crippen molar-refractivity contribution in [2.75, 3.05) is 39.8 Å². The normalized spacial score (nSPS) is 20.2. The molecule has 0 N–H and O–H groups in total. The van der Waals surface area contributed by atoms with Crippen LogP contribution in [0.2, 0.25) is 5.02 Å². The maximum atomic E-state index is 12.7. The zero-order valence-electron chi connectivity index (χ0n) is 18.7. The molecule has 2 aromatic rings. The number of esters is 1. The number of nitrogens with zero attached hydrogens (tertiary/aromatic N) is 3. The van der Waals surface area contributed by atoms with Crippen LogP contribution in [0.25, 0.3) is 0 Å². The smallest absolute Gasteiger partial charge is 0.416 e. The fraction of sp³-hybridized carbons (Fsp3) is 0.500. The summed E-state index contributed by atoms with van der Waals surface area (Å²) in [5.74, 6) is -0.334. The minimum absolute atomic E-state index is 0.274. The van der Waals surface area contributed by atoms with Crippen LogP contribution in [-0.2, 0) is 22.5 Å². The molecule has 1 amide bonds. The third-order valence-corrected chi connectivity index (χ3v) is 8.15. The first-order chi connectivity index (χ1) is 16.0. The van der Waals surface area contributed by atoms with Crippen molar-refractivity contribution in [3.05, 3.63) is 51.4 Å². The van der Waals surface area contributed by atoms with E-state index in [1.54, 1.807) is 11.0 Å². The lowest BCUT2D eigenvalue weighted by Crippen LogP contribution is -2.50. The molecule has 0 spiro atoms. The summed E-state index contributed by atoms with van der Waals surface area (Å²) in [4.78, 5) is 32.9. The molecular weight excluding hydrogens is 462 g/mol. The van der Waals surface area contributed by atoms with Crippen molar-refractivity contribution in [3.63, 3.8) is 0 Å². The van der Waals surface area contributed by atoms with Crippen molar-refractivity contribution in [2.24, 2.45) is 0 Å². The van der Waals surface area contributed by atoms with E-state index >= 15 is 0 Å². The molecule has 1 aromatic heterocycles. The molecule has 176 valence electrons. The second-order valence-corrected chi connectivity index (χ2v) is 10.3. The molecule has 3 aliphatic rings. The molecule has 9 heteroatoms. The van der Waals surface area contributed by atoms with E-state index in [1.165, 1.54) is 36.2 Å². The highest BCUT2D eigenvalue weighted by atomic mass is 35.5. The van der Waals surface area contributed by atoms with Crippen LogP contribution in [0, 0.1) is 0 Å². The monoisotopic (exact) mass is 489 g/mol. The van der Waals surface area contributed by atoms with Crippen molar-refractivity contribution in [1.82, 2.24) is 14.7 Å². The number of ether oxygens (including phenoxy) is 2. The van der Waals surface area contributed by atoms with Crippen LogP contribution in [-0.4, -0.2) is 72.6 Å². The molecule has 5 rings (SSSR count). The number of hydrogen-bond acceptors (Lipinski definition) is 7. The number of piperazine rings is 1. The van der Waals surface area contributed by atoms with E-state index in [-0.39, 0.29) is 12.1 Å². The summed E-state index contributed by atoms with van der Waals surface area (Å²) in [6.07, 6.45) is 3.07. The first-order valence-electron chi connectivity index (χ1n) is 11.4. The number of hydrogen-bond donors (Lipinski definition) is 0. The number of amides is 1. The summed E-state index contributed by atoms with van der Waals surface area (Å²) in [5, 5.41) is 1.16. The van der Waals surface area contributed by atoms with Crippen LogP contribution in [0.5, 0.6) is 5.06 Å². The van der Waals surface area contributed by atoms with Gasteiger partial charge >= 0.3 is 12.1 Å². The molecule has 1 saturated heterocycles. The Morgan fingerprint density at radius 3 is 2.58 bits per heavy atom. The Bertz CT molecular complexity index is 1030. The van der Waals surface area contributed by atoms with Crippen molar-refractivity contribution < 1.29 is 19.1 Å². The highest BCUT2D eigenvalue weighted by Gasteiger charge is 2.35. The van der Waals surface area contributed by atoms with Crippen LogP contribution in [0.3, 0.4) is 0 Å². The van der Waals surface area contributed by atoms with Gasteiger partial charge in [0.25, 0.3) is 0 Å². The second-order valence-electron chi connectivity index (χ2n) is 8.80. The number of benzene rings is 1. The average molecular weight is 490 g/mol. The SMILES string of the molecule is COC(=O)[C@H](c1ccccc1Cl)N1CCc2sc(OC(=O)N3CCN(C4CC4)CC3)cc2C1. The van der Waals surface area contributed by atoms with Crippen LogP contribution in [0.4, 0.5) is 4.79 Å². The van der Waals surface area contributed by atoms with Crippen LogP contribution < -0.4 is 4.74 Å². The number of methoxy groups -OCH3 is 1. The number of carbonyl (C=O) groups is 2. The minimum atomic E-state index is -0.578. The van der Waals surface area contributed by atoms with E-state index in [9.17, 15) is 9.59 Å². The van der Waals surface area contributed by atoms with Gasteiger partial charge in [-0.3, -0.25) is 9.80 Å². The summed E-state index contributed by atoms with van der Waals surface area (Å²) in [6.45, 7) is 4.53. The van der Waals surface area contributed by atoms with Gasteiger partial charge in [-0.05, 0) is 42.5 Å². The van der Waals surface area contributed by atoms with Crippen LogP contribution in [0.15, 0.2) is 30.3 Å². The van der Waals surface area contributed by atoms with Gasteiger partial charge in [-0.25, -0.2) is 9.59 Å². The van der Waals surface area contributed by atoms with E-state index in [0.29, 0.717) is 36.3 Å².